The van der Waals surface area contributed by atoms with Crippen molar-refractivity contribution in [3.8, 4) is 0 Å². The first-order valence-corrected chi connectivity index (χ1v) is 15.9. The summed E-state index contributed by atoms with van der Waals surface area (Å²) >= 11 is 0. The number of benzene rings is 2. The first kappa shape index (κ1) is 29.3. The summed E-state index contributed by atoms with van der Waals surface area (Å²) in [6, 6.07) is 22.2. The minimum atomic E-state index is 0.553. The Labute approximate surface area is 255 Å². The summed E-state index contributed by atoms with van der Waals surface area (Å²) < 4.78 is 4.93. The number of rotatable bonds is 11. The van der Waals surface area contributed by atoms with E-state index in [1.807, 2.05) is 0 Å². The van der Waals surface area contributed by atoms with Crippen LogP contribution in [0.15, 0.2) is 60.7 Å². The Bertz CT molecular complexity index is 1770. The second-order valence-corrected chi connectivity index (χ2v) is 13.1. The second kappa shape index (κ2) is 12.1. The van der Waals surface area contributed by atoms with E-state index >= 15 is 0 Å². The first-order valence-electron chi connectivity index (χ1n) is 15.9. The molecule has 0 aliphatic rings. The quantitative estimate of drug-likeness (QED) is 0.170. The maximum Gasteiger partial charge on any atom is 0.0707 e. The van der Waals surface area contributed by atoms with Gasteiger partial charge in [0, 0.05) is 65.3 Å². The molecule has 224 valence electrons. The lowest BCUT2D eigenvalue weighted by atomic mass is 10.1. The van der Waals surface area contributed by atoms with Crippen LogP contribution < -0.4 is 5.73 Å². The third-order valence-electron chi connectivity index (χ3n) is 8.50. The smallest absolute Gasteiger partial charge is 0.0707 e. The Kier molecular flexibility index (Phi) is 8.25. The highest BCUT2D eigenvalue weighted by Crippen LogP contribution is 2.34. The zero-order valence-corrected chi connectivity index (χ0v) is 26.7. The van der Waals surface area contributed by atoms with E-state index in [1.54, 1.807) is 0 Å². The Balaban J connectivity index is 1.38. The molecule has 6 nitrogen and oxygen atoms in total. The lowest BCUT2D eigenvalue weighted by Crippen LogP contribution is -2.26. The molecule has 0 saturated carbocycles. The van der Waals surface area contributed by atoms with E-state index in [0.717, 1.165) is 61.9 Å². The molecule has 0 bridgehead atoms. The van der Waals surface area contributed by atoms with Crippen molar-refractivity contribution in [2.45, 2.75) is 74.1 Å². The summed E-state index contributed by atoms with van der Waals surface area (Å²) in [6.07, 6.45) is 0.934. The van der Waals surface area contributed by atoms with E-state index in [2.05, 4.69) is 116 Å². The highest BCUT2D eigenvalue weighted by Gasteiger charge is 2.19. The van der Waals surface area contributed by atoms with Crippen molar-refractivity contribution in [1.82, 2.24) is 24.0 Å². The van der Waals surface area contributed by atoms with Crippen LogP contribution in [0.25, 0.3) is 43.6 Å². The van der Waals surface area contributed by atoms with Crippen LogP contribution in [0.5, 0.6) is 0 Å². The molecule has 43 heavy (non-hydrogen) atoms. The largest absolute Gasteiger partial charge is 0.339 e. The first-order chi connectivity index (χ1) is 20.7. The fraction of sp³-hybridized carbons (Fsp3) is 0.405. The molecule has 2 aromatic carbocycles. The predicted molar refractivity (Wildman–Crippen MR) is 181 cm³/mol. The van der Waals surface area contributed by atoms with Crippen LogP contribution in [0, 0.1) is 25.7 Å². The molecule has 0 aliphatic carbocycles. The normalized spacial score (nSPS) is 12.4. The summed E-state index contributed by atoms with van der Waals surface area (Å²) in [5.74, 6) is 1.11. The molecule has 0 amide bonds. The van der Waals surface area contributed by atoms with Crippen LogP contribution in [0.3, 0.4) is 0 Å². The van der Waals surface area contributed by atoms with E-state index in [4.69, 9.17) is 15.7 Å². The average Bonchev–Trinajstić information content (AvgIpc) is 3.44. The van der Waals surface area contributed by atoms with Gasteiger partial charge in [0.25, 0.3) is 0 Å². The van der Waals surface area contributed by atoms with Crippen molar-refractivity contribution < 1.29 is 0 Å². The highest BCUT2D eigenvalue weighted by molar-refractivity contribution is 6.09. The topological polar surface area (TPSA) is 64.9 Å². The number of aryl methyl sites for hydroxylation is 2. The second-order valence-electron chi connectivity index (χ2n) is 13.1. The van der Waals surface area contributed by atoms with Gasteiger partial charge in [0.2, 0.25) is 0 Å². The van der Waals surface area contributed by atoms with E-state index in [9.17, 15) is 0 Å². The molecule has 0 unspecified atom stereocenters. The van der Waals surface area contributed by atoms with Crippen LogP contribution >= 0.6 is 0 Å². The third kappa shape index (κ3) is 5.66. The molecule has 0 aliphatic heterocycles. The molecule has 4 heterocycles. The standard InChI is InChI=1S/C37H46N6/c1-24(2)20-42-34-14-9-7-12-30(34)32-18-28(39-26(5)36(32)42)22-41(17-11-16-38)23-29-19-33-31-13-8-10-15-35(31)43(21-25(3)4)37(33)27(6)40-29/h7-10,12-15,18-19,24-25H,11,16-17,20-23,38H2,1-6H3. The molecular formula is C37H46N6. The molecule has 2 N–H and O–H groups in total. The fourth-order valence-corrected chi connectivity index (χ4v) is 6.93. The summed E-state index contributed by atoms with van der Waals surface area (Å²) in [5, 5.41) is 5.20. The molecule has 6 rings (SSSR count). The van der Waals surface area contributed by atoms with Crippen molar-refractivity contribution in [3.05, 3.63) is 83.4 Å². The van der Waals surface area contributed by atoms with Gasteiger partial charge in [-0.1, -0.05) is 64.1 Å². The Hall–Kier alpha value is -3.74. The lowest BCUT2D eigenvalue weighted by Gasteiger charge is -2.22. The van der Waals surface area contributed by atoms with E-state index in [0.29, 0.717) is 18.4 Å². The van der Waals surface area contributed by atoms with Crippen LogP contribution in [-0.2, 0) is 26.2 Å². The van der Waals surface area contributed by atoms with Crippen molar-refractivity contribution in [3.63, 3.8) is 0 Å². The fourth-order valence-electron chi connectivity index (χ4n) is 6.93. The third-order valence-corrected chi connectivity index (χ3v) is 8.50. The molecule has 0 fully saturated rings. The molecule has 6 aromatic rings. The number of para-hydroxylation sites is 2. The number of pyridine rings is 2. The van der Waals surface area contributed by atoms with Gasteiger partial charge in [-0.05, 0) is 62.9 Å². The van der Waals surface area contributed by atoms with Crippen molar-refractivity contribution in [1.29, 1.82) is 0 Å². The maximum atomic E-state index is 6.01. The van der Waals surface area contributed by atoms with E-state index < -0.39 is 0 Å². The van der Waals surface area contributed by atoms with E-state index in [1.165, 1.54) is 43.6 Å². The lowest BCUT2D eigenvalue weighted by molar-refractivity contribution is 0.249. The predicted octanol–water partition coefficient (Wildman–Crippen LogP) is 7.97. The summed E-state index contributed by atoms with van der Waals surface area (Å²) in [6.45, 7) is 18.5. The zero-order chi connectivity index (χ0) is 30.2. The molecule has 4 aromatic heterocycles. The summed E-state index contributed by atoms with van der Waals surface area (Å²) in [4.78, 5) is 12.8. The van der Waals surface area contributed by atoms with Crippen molar-refractivity contribution >= 4 is 43.6 Å². The minimum absolute atomic E-state index is 0.553. The molecular weight excluding hydrogens is 528 g/mol. The number of aromatic nitrogens is 4. The monoisotopic (exact) mass is 574 g/mol. The summed E-state index contributed by atoms with van der Waals surface area (Å²) in [5.41, 5.74) is 15.5. The van der Waals surface area contributed by atoms with Crippen LogP contribution in [0.1, 0.15) is 56.9 Å². The van der Waals surface area contributed by atoms with Crippen LogP contribution in [-0.4, -0.2) is 37.1 Å². The van der Waals surface area contributed by atoms with Gasteiger partial charge in [-0.3, -0.25) is 14.9 Å². The number of hydrogen-bond acceptors (Lipinski definition) is 4. The Morgan fingerprint density at radius 3 is 1.53 bits per heavy atom. The van der Waals surface area contributed by atoms with Crippen LogP contribution in [0.4, 0.5) is 0 Å². The number of nitrogens with zero attached hydrogens (tertiary/aromatic N) is 5. The number of fused-ring (bicyclic) bond motifs is 6. The van der Waals surface area contributed by atoms with Gasteiger partial charge in [-0.25, -0.2) is 0 Å². The minimum Gasteiger partial charge on any atom is -0.339 e. The van der Waals surface area contributed by atoms with Crippen molar-refractivity contribution in [2.75, 3.05) is 13.1 Å². The molecule has 0 spiro atoms. The van der Waals surface area contributed by atoms with Crippen LogP contribution in [0.2, 0.25) is 0 Å². The van der Waals surface area contributed by atoms with Gasteiger partial charge in [0.1, 0.15) is 0 Å². The Morgan fingerprint density at radius 2 is 1.12 bits per heavy atom. The van der Waals surface area contributed by atoms with Gasteiger partial charge in [-0.2, -0.15) is 0 Å². The van der Waals surface area contributed by atoms with Gasteiger partial charge in [0.15, 0.2) is 0 Å². The van der Waals surface area contributed by atoms with Crippen molar-refractivity contribution in [2.24, 2.45) is 17.6 Å². The Morgan fingerprint density at radius 1 is 0.674 bits per heavy atom. The zero-order valence-electron chi connectivity index (χ0n) is 26.7. The number of nitrogens with two attached hydrogens (primary N) is 1. The SMILES string of the molecule is Cc1nc(CN(CCCN)Cc2cc3c4ccccc4n(CC(C)C)c3c(C)n2)cc2c3ccccc3n(CC(C)C)c12. The van der Waals surface area contributed by atoms with Gasteiger partial charge >= 0.3 is 0 Å². The van der Waals surface area contributed by atoms with Gasteiger partial charge in [-0.15, -0.1) is 0 Å². The molecule has 0 radical (unpaired) electrons. The maximum absolute atomic E-state index is 6.01. The van der Waals surface area contributed by atoms with Gasteiger partial charge in [0.05, 0.1) is 33.8 Å². The van der Waals surface area contributed by atoms with E-state index in [-0.39, 0.29) is 0 Å². The van der Waals surface area contributed by atoms with Gasteiger partial charge < -0.3 is 14.9 Å². The molecule has 0 atom stereocenters. The summed E-state index contributed by atoms with van der Waals surface area (Å²) in [7, 11) is 0. The number of hydrogen-bond donors (Lipinski definition) is 1. The molecule has 0 saturated heterocycles. The molecule has 6 heteroatoms. The average molecular weight is 575 g/mol. The highest BCUT2D eigenvalue weighted by atomic mass is 15.1.